The van der Waals surface area contributed by atoms with Crippen molar-refractivity contribution in [2.75, 3.05) is 19.7 Å². The van der Waals surface area contributed by atoms with Gasteiger partial charge in [-0.05, 0) is 24.3 Å². The third-order valence-electron chi connectivity index (χ3n) is 2.87. The number of hydrogen-bond acceptors (Lipinski definition) is 2. The van der Waals surface area contributed by atoms with Crippen LogP contribution in [0.2, 0.25) is 0 Å². The Balaban J connectivity index is 2.40. The highest BCUT2D eigenvalue weighted by Crippen LogP contribution is 2.16. The van der Waals surface area contributed by atoms with Gasteiger partial charge in [-0.3, -0.25) is 0 Å². The van der Waals surface area contributed by atoms with E-state index in [0.717, 1.165) is 25.1 Å². The highest BCUT2D eigenvalue weighted by molar-refractivity contribution is 5.68. The number of ether oxygens (including phenoxy) is 1. The predicted molar refractivity (Wildman–Crippen MR) is 69.8 cm³/mol. The molecule has 17 heavy (non-hydrogen) atoms. The van der Waals surface area contributed by atoms with Gasteiger partial charge in [0.1, 0.15) is 6.61 Å². The Hall–Kier alpha value is -1.51. The van der Waals surface area contributed by atoms with Gasteiger partial charge in [0.05, 0.1) is 0 Å². The van der Waals surface area contributed by atoms with E-state index in [4.69, 9.17) is 4.74 Å². The Labute approximate surface area is 103 Å². The fourth-order valence-corrected chi connectivity index (χ4v) is 1.92. The minimum Gasteiger partial charge on any atom is -0.445 e. The first-order valence-corrected chi connectivity index (χ1v) is 6.03. The molecule has 0 N–H and O–H groups in total. The van der Waals surface area contributed by atoms with E-state index in [2.05, 4.69) is 20.1 Å². The number of nitrogens with zero attached hydrogens (tertiary/aromatic N) is 1. The van der Waals surface area contributed by atoms with Crippen LogP contribution in [-0.4, -0.2) is 30.7 Å². The quantitative estimate of drug-likeness (QED) is 0.700. The summed E-state index contributed by atoms with van der Waals surface area (Å²) < 4.78 is 5.24. The Kier molecular flexibility index (Phi) is 5.53. The van der Waals surface area contributed by atoms with Crippen molar-refractivity contribution in [3.63, 3.8) is 0 Å². The molecular formula is C14H21NO2. The molecule has 3 nitrogen and oxygen atoms in total. The molecular weight excluding hydrogens is 214 g/mol. The van der Waals surface area contributed by atoms with E-state index in [1.807, 2.05) is 0 Å². The molecule has 1 amide bonds. The molecule has 0 aromatic rings. The van der Waals surface area contributed by atoms with Crippen LogP contribution >= 0.6 is 0 Å². The molecule has 0 saturated carbocycles. The van der Waals surface area contributed by atoms with E-state index >= 15 is 0 Å². The van der Waals surface area contributed by atoms with Gasteiger partial charge in [-0.25, -0.2) is 4.79 Å². The molecule has 1 heterocycles. The first-order valence-electron chi connectivity index (χ1n) is 6.03. The average Bonchev–Trinajstić information content (AvgIpc) is 2.34. The van der Waals surface area contributed by atoms with E-state index in [-0.39, 0.29) is 12.7 Å². The predicted octanol–water partition coefficient (Wildman–Crippen LogP) is 3.15. The molecule has 0 aromatic heterocycles. The lowest BCUT2D eigenvalue weighted by Crippen LogP contribution is -2.39. The van der Waals surface area contributed by atoms with Crippen molar-refractivity contribution in [1.82, 2.24) is 4.90 Å². The molecule has 0 aromatic carbocycles. The summed E-state index contributed by atoms with van der Waals surface area (Å²) >= 11 is 0. The second-order valence-electron chi connectivity index (χ2n) is 4.43. The fourth-order valence-electron chi connectivity index (χ4n) is 1.92. The van der Waals surface area contributed by atoms with Crippen molar-refractivity contribution in [2.45, 2.75) is 19.8 Å². The van der Waals surface area contributed by atoms with Gasteiger partial charge >= 0.3 is 6.09 Å². The maximum absolute atomic E-state index is 11.8. The highest BCUT2D eigenvalue weighted by atomic mass is 16.6. The van der Waals surface area contributed by atoms with Gasteiger partial charge < -0.3 is 9.64 Å². The molecule has 3 heteroatoms. The fraction of sp³-hybridized carbons (Fsp3) is 0.500. The first-order chi connectivity index (χ1) is 8.17. The van der Waals surface area contributed by atoms with Crippen LogP contribution in [0.5, 0.6) is 0 Å². The zero-order valence-corrected chi connectivity index (χ0v) is 10.5. The lowest BCUT2D eigenvalue weighted by Gasteiger charge is -2.30. The monoisotopic (exact) mass is 235 g/mol. The van der Waals surface area contributed by atoms with Crippen molar-refractivity contribution >= 4 is 6.09 Å². The van der Waals surface area contributed by atoms with E-state index in [1.165, 1.54) is 6.42 Å². The Morgan fingerprint density at radius 3 is 2.88 bits per heavy atom. The van der Waals surface area contributed by atoms with Crippen LogP contribution in [-0.2, 0) is 4.74 Å². The smallest absolute Gasteiger partial charge is 0.410 e. The summed E-state index contributed by atoms with van der Waals surface area (Å²) in [6.07, 6.45) is 7.15. The maximum Gasteiger partial charge on any atom is 0.410 e. The minimum atomic E-state index is -0.228. The number of rotatable bonds is 4. The van der Waals surface area contributed by atoms with E-state index in [9.17, 15) is 4.79 Å². The number of carbonyl (C=O) groups excluding carboxylic acids is 1. The van der Waals surface area contributed by atoms with Crippen LogP contribution in [0, 0.1) is 5.92 Å². The molecule has 1 unspecified atom stereocenters. The van der Waals surface area contributed by atoms with E-state index in [1.54, 1.807) is 23.1 Å². The molecule has 0 radical (unpaired) electrons. The number of allylic oxidation sites excluding steroid dienone is 2. The van der Waals surface area contributed by atoms with Crippen molar-refractivity contribution in [1.29, 1.82) is 0 Å². The summed E-state index contributed by atoms with van der Waals surface area (Å²) in [5.74, 6) is 0.568. The molecule has 1 aliphatic rings. The van der Waals surface area contributed by atoms with Crippen molar-refractivity contribution < 1.29 is 9.53 Å². The molecule has 1 atom stereocenters. The normalized spacial score (nSPS) is 20.9. The average molecular weight is 235 g/mol. The Morgan fingerprint density at radius 2 is 2.29 bits per heavy atom. The topological polar surface area (TPSA) is 29.5 Å². The second kappa shape index (κ2) is 6.94. The van der Waals surface area contributed by atoms with Crippen LogP contribution in [0.15, 0.2) is 37.0 Å². The Morgan fingerprint density at radius 1 is 1.53 bits per heavy atom. The highest BCUT2D eigenvalue weighted by Gasteiger charge is 2.21. The standard InChI is InChI=1S/C14H21NO2/c1-4-7-13(5-2)11-17-14(16)15-9-6-8-12(3)10-15/h4-5,7,12H,1-2,6,8-11H2,3H3/b13-7+. The van der Waals surface area contributed by atoms with Gasteiger partial charge in [0.2, 0.25) is 0 Å². The molecule has 0 aliphatic carbocycles. The van der Waals surface area contributed by atoms with E-state index < -0.39 is 0 Å². The molecule has 1 aliphatic heterocycles. The van der Waals surface area contributed by atoms with E-state index in [0.29, 0.717) is 5.92 Å². The van der Waals surface area contributed by atoms with Crippen molar-refractivity contribution in [3.8, 4) is 0 Å². The first kappa shape index (κ1) is 13.6. The van der Waals surface area contributed by atoms with Crippen LogP contribution in [0.25, 0.3) is 0 Å². The van der Waals surface area contributed by atoms with Crippen molar-refractivity contribution in [2.24, 2.45) is 5.92 Å². The molecule has 1 rings (SSSR count). The largest absolute Gasteiger partial charge is 0.445 e. The number of hydrogen-bond donors (Lipinski definition) is 0. The SMILES string of the molecule is C=C/C=C(\C=C)COC(=O)N1CCCC(C)C1. The third kappa shape index (κ3) is 4.47. The summed E-state index contributed by atoms with van der Waals surface area (Å²) in [6, 6.07) is 0. The summed E-state index contributed by atoms with van der Waals surface area (Å²) in [6.45, 7) is 11.3. The summed E-state index contributed by atoms with van der Waals surface area (Å²) in [7, 11) is 0. The summed E-state index contributed by atoms with van der Waals surface area (Å²) in [5, 5.41) is 0. The lowest BCUT2D eigenvalue weighted by molar-refractivity contribution is 0.0936. The molecule has 1 saturated heterocycles. The summed E-state index contributed by atoms with van der Waals surface area (Å²) in [4.78, 5) is 13.6. The van der Waals surface area contributed by atoms with Crippen LogP contribution < -0.4 is 0 Å². The van der Waals surface area contributed by atoms with Gasteiger partial charge in [0.25, 0.3) is 0 Å². The molecule has 0 spiro atoms. The van der Waals surface area contributed by atoms with Gasteiger partial charge in [-0.2, -0.15) is 0 Å². The lowest BCUT2D eigenvalue weighted by atomic mass is 10.0. The van der Waals surface area contributed by atoms with Gasteiger partial charge in [0, 0.05) is 13.1 Å². The second-order valence-corrected chi connectivity index (χ2v) is 4.43. The van der Waals surface area contributed by atoms with Crippen LogP contribution in [0.1, 0.15) is 19.8 Å². The van der Waals surface area contributed by atoms with Crippen LogP contribution in [0.3, 0.4) is 0 Å². The van der Waals surface area contributed by atoms with Crippen molar-refractivity contribution in [3.05, 3.63) is 37.0 Å². The van der Waals surface area contributed by atoms with Gasteiger partial charge in [0.15, 0.2) is 0 Å². The van der Waals surface area contributed by atoms with Gasteiger partial charge in [-0.15, -0.1) is 0 Å². The zero-order valence-electron chi connectivity index (χ0n) is 10.5. The van der Waals surface area contributed by atoms with Gasteiger partial charge in [-0.1, -0.05) is 38.3 Å². The zero-order chi connectivity index (χ0) is 12.7. The minimum absolute atomic E-state index is 0.228. The number of piperidine rings is 1. The molecule has 0 bridgehead atoms. The molecule has 94 valence electrons. The number of likely N-dealkylation sites (tertiary alicyclic amines) is 1. The van der Waals surface area contributed by atoms with Crippen LogP contribution in [0.4, 0.5) is 4.79 Å². The Bertz CT molecular complexity index is 320. The molecule has 1 fully saturated rings. The number of amides is 1. The maximum atomic E-state index is 11.8. The third-order valence-corrected chi connectivity index (χ3v) is 2.87. The number of carbonyl (C=O) groups is 1. The summed E-state index contributed by atoms with van der Waals surface area (Å²) in [5.41, 5.74) is 0.860.